The van der Waals surface area contributed by atoms with Crippen molar-refractivity contribution in [2.24, 2.45) is 5.92 Å². The lowest BCUT2D eigenvalue weighted by Crippen LogP contribution is -2.36. The van der Waals surface area contributed by atoms with E-state index in [1.165, 1.54) is 6.42 Å². The van der Waals surface area contributed by atoms with Gasteiger partial charge in [0.15, 0.2) is 0 Å². The van der Waals surface area contributed by atoms with Gasteiger partial charge in [-0.3, -0.25) is 4.79 Å². The number of methoxy groups -OCH3 is 1. The van der Waals surface area contributed by atoms with Crippen LogP contribution in [0.5, 0.6) is 5.75 Å². The number of hydrogen-bond acceptors (Lipinski definition) is 3. The lowest BCUT2D eigenvalue weighted by Gasteiger charge is -2.27. The zero-order valence-electron chi connectivity index (χ0n) is 17.7. The van der Waals surface area contributed by atoms with Crippen LogP contribution in [0.15, 0.2) is 48.5 Å². The topological polar surface area (TPSA) is 41.6 Å². The fourth-order valence-electron chi connectivity index (χ4n) is 3.86. The molecule has 2 aromatic rings. The minimum absolute atomic E-state index is 0. The first-order valence-corrected chi connectivity index (χ1v) is 10.3. The molecule has 3 rings (SSSR count). The summed E-state index contributed by atoms with van der Waals surface area (Å²) in [5, 5.41) is 3.38. The van der Waals surface area contributed by atoms with E-state index in [-0.39, 0.29) is 24.4 Å². The number of para-hydroxylation sites is 1. The predicted octanol–water partition coefficient (Wildman–Crippen LogP) is 4.91. The average molecular weight is 417 g/mol. The molecule has 1 amide bonds. The number of nitrogens with one attached hydrogen (secondary N) is 1. The number of amides is 1. The summed E-state index contributed by atoms with van der Waals surface area (Å²) >= 11 is 0. The first-order valence-electron chi connectivity index (χ1n) is 10.3. The number of nitrogens with zero attached hydrogens (tertiary/aromatic N) is 1. The maximum atomic E-state index is 12.8. The van der Waals surface area contributed by atoms with Gasteiger partial charge in [0.2, 0.25) is 5.91 Å². The fraction of sp³-hybridized carbons (Fsp3) is 0.458. The van der Waals surface area contributed by atoms with Gasteiger partial charge in [0.25, 0.3) is 0 Å². The Morgan fingerprint density at radius 2 is 1.90 bits per heavy atom. The zero-order chi connectivity index (χ0) is 19.9. The molecule has 0 radical (unpaired) electrons. The van der Waals surface area contributed by atoms with Crippen molar-refractivity contribution >= 4 is 18.3 Å². The highest BCUT2D eigenvalue weighted by Crippen LogP contribution is 2.29. The highest BCUT2D eigenvalue weighted by molar-refractivity contribution is 5.85. The standard InChI is InChI=1S/C24H32N2O2.ClH/c1-18(2)26(24(27)13-10-19-14-15-25-16-19)17-20-8-11-21(12-9-20)22-6-4-5-7-23(22)28-3;/h4-9,11-12,18-19,25H,10,13-17H2,1-3H3;1H. The second kappa shape index (κ2) is 11.2. The third-order valence-electron chi connectivity index (χ3n) is 5.60. The van der Waals surface area contributed by atoms with Gasteiger partial charge >= 0.3 is 0 Å². The second-order valence-electron chi connectivity index (χ2n) is 7.91. The Morgan fingerprint density at radius 3 is 2.52 bits per heavy atom. The molecule has 29 heavy (non-hydrogen) atoms. The number of benzene rings is 2. The lowest BCUT2D eigenvalue weighted by molar-refractivity contribution is -0.133. The van der Waals surface area contributed by atoms with Crippen LogP contribution in [0, 0.1) is 5.92 Å². The fourth-order valence-corrected chi connectivity index (χ4v) is 3.86. The number of carbonyl (C=O) groups is 1. The number of halogens is 1. The third-order valence-corrected chi connectivity index (χ3v) is 5.60. The van der Waals surface area contributed by atoms with Crippen LogP contribution in [0.3, 0.4) is 0 Å². The smallest absolute Gasteiger partial charge is 0.223 e. The van der Waals surface area contributed by atoms with Crippen molar-refractivity contribution in [3.63, 3.8) is 0 Å². The van der Waals surface area contributed by atoms with E-state index in [4.69, 9.17) is 4.74 Å². The van der Waals surface area contributed by atoms with Crippen LogP contribution in [0.25, 0.3) is 11.1 Å². The van der Waals surface area contributed by atoms with E-state index in [0.717, 1.165) is 42.0 Å². The molecule has 1 N–H and O–H groups in total. The van der Waals surface area contributed by atoms with Crippen LogP contribution in [0.1, 0.15) is 38.7 Å². The number of rotatable bonds is 8. The van der Waals surface area contributed by atoms with Crippen LogP contribution >= 0.6 is 12.4 Å². The van der Waals surface area contributed by atoms with Crippen molar-refractivity contribution in [3.05, 3.63) is 54.1 Å². The Morgan fingerprint density at radius 1 is 1.17 bits per heavy atom. The molecule has 0 aliphatic carbocycles. The minimum atomic E-state index is 0. The molecule has 0 aromatic heterocycles. The second-order valence-corrected chi connectivity index (χ2v) is 7.91. The number of carbonyl (C=O) groups excluding carboxylic acids is 1. The molecule has 5 heteroatoms. The molecule has 1 aliphatic rings. The maximum absolute atomic E-state index is 12.8. The van der Waals surface area contributed by atoms with Gasteiger partial charge in [-0.25, -0.2) is 0 Å². The summed E-state index contributed by atoms with van der Waals surface area (Å²) in [6, 6.07) is 16.7. The van der Waals surface area contributed by atoms with Crippen molar-refractivity contribution in [3.8, 4) is 16.9 Å². The van der Waals surface area contributed by atoms with Crippen molar-refractivity contribution in [1.29, 1.82) is 0 Å². The first-order chi connectivity index (χ1) is 13.6. The van der Waals surface area contributed by atoms with Gasteiger partial charge in [-0.2, -0.15) is 0 Å². The molecule has 4 nitrogen and oxygen atoms in total. The summed E-state index contributed by atoms with van der Waals surface area (Å²) in [4.78, 5) is 14.8. The van der Waals surface area contributed by atoms with Gasteiger partial charge in [0, 0.05) is 24.6 Å². The normalized spacial score (nSPS) is 15.8. The van der Waals surface area contributed by atoms with Gasteiger partial charge in [-0.15, -0.1) is 12.4 Å². The lowest BCUT2D eigenvalue weighted by atomic mass is 10.0. The maximum Gasteiger partial charge on any atom is 0.223 e. The summed E-state index contributed by atoms with van der Waals surface area (Å²) in [6.45, 7) is 6.99. The van der Waals surface area contributed by atoms with Gasteiger partial charge in [-0.1, -0.05) is 42.5 Å². The first kappa shape index (κ1) is 23.2. The van der Waals surface area contributed by atoms with E-state index in [1.54, 1.807) is 7.11 Å². The molecular weight excluding hydrogens is 384 g/mol. The van der Waals surface area contributed by atoms with Gasteiger partial charge in [0.1, 0.15) is 5.75 Å². The quantitative estimate of drug-likeness (QED) is 0.664. The van der Waals surface area contributed by atoms with Crippen LogP contribution in [-0.4, -0.2) is 37.0 Å². The largest absolute Gasteiger partial charge is 0.496 e. The van der Waals surface area contributed by atoms with E-state index in [0.29, 0.717) is 18.9 Å². The minimum Gasteiger partial charge on any atom is -0.496 e. The molecule has 0 bridgehead atoms. The molecule has 0 saturated carbocycles. The predicted molar refractivity (Wildman–Crippen MR) is 122 cm³/mol. The monoisotopic (exact) mass is 416 g/mol. The summed E-state index contributed by atoms with van der Waals surface area (Å²) in [7, 11) is 1.70. The van der Waals surface area contributed by atoms with Crippen LogP contribution in [0.4, 0.5) is 0 Å². The highest BCUT2D eigenvalue weighted by atomic mass is 35.5. The van der Waals surface area contributed by atoms with E-state index in [2.05, 4.69) is 49.5 Å². The van der Waals surface area contributed by atoms with Crippen LogP contribution in [-0.2, 0) is 11.3 Å². The average Bonchev–Trinajstić information content (AvgIpc) is 3.24. The van der Waals surface area contributed by atoms with E-state index in [1.807, 2.05) is 23.1 Å². The molecular formula is C24H33ClN2O2. The van der Waals surface area contributed by atoms with Crippen LogP contribution < -0.4 is 10.1 Å². The summed E-state index contributed by atoms with van der Waals surface area (Å²) in [5.74, 6) is 1.78. The summed E-state index contributed by atoms with van der Waals surface area (Å²) in [5.41, 5.74) is 3.36. The SMILES string of the molecule is COc1ccccc1-c1ccc(CN(C(=O)CCC2CCNC2)C(C)C)cc1.Cl. The highest BCUT2D eigenvalue weighted by Gasteiger charge is 2.21. The Kier molecular flexibility index (Phi) is 8.99. The zero-order valence-corrected chi connectivity index (χ0v) is 18.5. The van der Waals surface area contributed by atoms with Crippen molar-refractivity contribution in [2.75, 3.05) is 20.2 Å². The van der Waals surface area contributed by atoms with Gasteiger partial charge < -0.3 is 15.0 Å². The summed E-state index contributed by atoms with van der Waals surface area (Å²) < 4.78 is 5.47. The molecule has 1 heterocycles. The summed E-state index contributed by atoms with van der Waals surface area (Å²) in [6.07, 6.45) is 2.82. The molecule has 1 unspecified atom stereocenters. The Balaban J connectivity index is 0.00000300. The molecule has 0 spiro atoms. The Bertz CT molecular complexity index is 771. The van der Waals surface area contributed by atoms with E-state index < -0.39 is 0 Å². The van der Waals surface area contributed by atoms with E-state index in [9.17, 15) is 4.79 Å². The molecule has 1 atom stereocenters. The molecule has 1 fully saturated rings. The van der Waals surface area contributed by atoms with Crippen molar-refractivity contribution < 1.29 is 9.53 Å². The Labute approximate surface area is 181 Å². The molecule has 158 valence electrons. The molecule has 1 saturated heterocycles. The Hall–Kier alpha value is -2.04. The van der Waals surface area contributed by atoms with Crippen molar-refractivity contribution in [1.82, 2.24) is 10.2 Å². The molecule has 2 aromatic carbocycles. The molecule has 1 aliphatic heterocycles. The third kappa shape index (κ3) is 6.22. The van der Waals surface area contributed by atoms with Crippen LogP contribution in [0.2, 0.25) is 0 Å². The number of hydrogen-bond donors (Lipinski definition) is 1. The van der Waals surface area contributed by atoms with Crippen molar-refractivity contribution in [2.45, 2.75) is 45.7 Å². The number of ether oxygens (including phenoxy) is 1. The van der Waals surface area contributed by atoms with E-state index >= 15 is 0 Å². The van der Waals surface area contributed by atoms with Gasteiger partial charge in [0.05, 0.1) is 7.11 Å². The van der Waals surface area contributed by atoms with Gasteiger partial charge in [-0.05, 0) is 62.9 Å².